The second kappa shape index (κ2) is 6.29. The number of nitrogens with zero attached hydrogens (tertiary/aromatic N) is 1. The summed E-state index contributed by atoms with van der Waals surface area (Å²) in [5.74, 6) is 5.63. The largest absolute Gasteiger partial charge is 0.271 e. The van der Waals surface area contributed by atoms with Gasteiger partial charge in [0, 0.05) is 21.9 Å². The van der Waals surface area contributed by atoms with Gasteiger partial charge in [-0.3, -0.25) is 16.3 Å². The Morgan fingerprint density at radius 2 is 2.00 bits per heavy atom. The zero-order valence-electron chi connectivity index (χ0n) is 9.61. The molecule has 0 saturated heterocycles. The maximum absolute atomic E-state index is 6.05. The van der Waals surface area contributed by atoms with Crippen molar-refractivity contribution in [3.8, 4) is 0 Å². The fourth-order valence-corrected chi connectivity index (χ4v) is 2.69. The third-order valence-corrected chi connectivity index (χ3v) is 3.35. The molecule has 1 unspecified atom stereocenters. The van der Waals surface area contributed by atoms with Gasteiger partial charge in [-0.25, -0.2) is 0 Å². The van der Waals surface area contributed by atoms with Crippen LogP contribution in [0.2, 0.25) is 5.02 Å². The van der Waals surface area contributed by atoms with Crippen LogP contribution in [0.15, 0.2) is 47.2 Å². The van der Waals surface area contributed by atoms with Crippen molar-refractivity contribution in [3.63, 3.8) is 0 Å². The minimum Gasteiger partial charge on any atom is -0.271 e. The molecule has 1 heterocycles. The van der Waals surface area contributed by atoms with E-state index < -0.39 is 0 Å². The molecule has 0 fully saturated rings. The molecule has 1 atom stereocenters. The van der Waals surface area contributed by atoms with Gasteiger partial charge >= 0.3 is 0 Å². The van der Waals surface area contributed by atoms with Gasteiger partial charge in [-0.05, 0) is 47.9 Å². The van der Waals surface area contributed by atoms with Crippen molar-refractivity contribution >= 4 is 27.5 Å². The van der Waals surface area contributed by atoms with Crippen molar-refractivity contribution in [2.24, 2.45) is 5.84 Å². The lowest BCUT2D eigenvalue weighted by atomic mass is 10.0. The minimum absolute atomic E-state index is 0.0161. The van der Waals surface area contributed by atoms with E-state index >= 15 is 0 Å². The van der Waals surface area contributed by atoms with Crippen LogP contribution in [-0.4, -0.2) is 4.98 Å². The zero-order chi connectivity index (χ0) is 13.0. The quantitative estimate of drug-likeness (QED) is 0.670. The highest BCUT2D eigenvalue weighted by molar-refractivity contribution is 9.10. The Morgan fingerprint density at radius 1 is 1.28 bits per heavy atom. The molecule has 94 valence electrons. The molecule has 0 aliphatic heterocycles. The van der Waals surface area contributed by atoms with E-state index in [1.807, 2.05) is 30.3 Å². The Hall–Kier alpha value is -0.940. The molecule has 0 aliphatic rings. The summed E-state index contributed by atoms with van der Waals surface area (Å²) in [5.41, 5.74) is 5.04. The molecule has 3 nitrogen and oxygen atoms in total. The average Bonchev–Trinajstić information content (AvgIpc) is 2.36. The van der Waals surface area contributed by atoms with Crippen molar-refractivity contribution < 1.29 is 0 Å². The highest BCUT2D eigenvalue weighted by Crippen LogP contribution is 2.25. The summed E-state index contributed by atoms with van der Waals surface area (Å²) in [6.07, 6.45) is 4.33. The van der Waals surface area contributed by atoms with E-state index in [4.69, 9.17) is 17.4 Å². The van der Waals surface area contributed by atoms with Gasteiger partial charge in [-0.2, -0.15) is 0 Å². The van der Waals surface area contributed by atoms with E-state index in [0.29, 0.717) is 5.02 Å². The highest BCUT2D eigenvalue weighted by atomic mass is 79.9. The smallest absolute Gasteiger partial charge is 0.0501 e. The first kappa shape index (κ1) is 13.5. The Morgan fingerprint density at radius 3 is 2.61 bits per heavy atom. The highest BCUT2D eigenvalue weighted by Gasteiger charge is 2.12. The van der Waals surface area contributed by atoms with Gasteiger partial charge in [0.2, 0.25) is 0 Å². The summed E-state index contributed by atoms with van der Waals surface area (Å²) in [5, 5.41) is 0.689. The fraction of sp³-hybridized carbons (Fsp3) is 0.154. The number of halogens is 2. The molecule has 0 amide bonds. The first-order chi connectivity index (χ1) is 8.69. The summed E-state index contributed by atoms with van der Waals surface area (Å²) in [4.78, 5) is 4.00. The lowest BCUT2D eigenvalue weighted by molar-refractivity contribution is 0.551. The van der Waals surface area contributed by atoms with Crippen molar-refractivity contribution in [2.75, 3.05) is 0 Å². The van der Waals surface area contributed by atoms with E-state index in [1.54, 1.807) is 12.4 Å². The second-order valence-electron chi connectivity index (χ2n) is 3.98. The zero-order valence-corrected chi connectivity index (χ0v) is 11.9. The number of pyridine rings is 1. The number of benzene rings is 1. The van der Waals surface area contributed by atoms with Crippen LogP contribution < -0.4 is 11.3 Å². The second-order valence-corrected chi connectivity index (χ2v) is 5.33. The molecule has 18 heavy (non-hydrogen) atoms. The monoisotopic (exact) mass is 325 g/mol. The number of hydrazine groups is 1. The molecular weight excluding hydrogens is 314 g/mol. The maximum Gasteiger partial charge on any atom is 0.0501 e. The molecule has 1 aromatic heterocycles. The Kier molecular flexibility index (Phi) is 4.72. The molecule has 1 aromatic carbocycles. The van der Waals surface area contributed by atoms with Crippen LogP contribution >= 0.6 is 27.5 Å². The van der Waals surface area contributed by atoms with Crippen LogP contribution in [0.4, 0.5) is 0 Å². The predicted molar refractivity (Wildman–Crippen MR) is 77.2 cm³/mol. The summed E-state index contributed by atoms with van der Waals surface area (Å²) in [6.45, 7) is 0. The number of nitrogens with two attached hydrogens (primary N) is 1. The molecule has 0 aliphatic carbocycles. The van der Waals surface area contributed by atoms with Gasteiger partial charge in [-0.15, -0.1) is 0 Å². The van der Waals surface area contributed by atoms with E-state index in [9.17, 15) is 0 Å². The molecule has 0 bridgehead atoms. The van der Waals surface area contributed by atoms with Crippen LogP contribution in [0.25, 0.3) is 0 Å². The first-order valence-corrected chi connectivity index (χ1v) is 6.67. The summed E-state index contributed by atoms with van der Waals surface area (Å²) in [6, 6.07) is 9.75. The van der Waals surface area contributed by atoms with Crippen LogP contribution in [0.3, 0.4) is 0 Å². The van der Waals surface area contributed by atoms with Gasteiger partial charge in [0.1, 0.15) is 0 Å². The summed E-state index contributed by atoms with van der Waals surface area (Å²) < 4.78 is 0.944. The third kappa shape index (κ3) is 3.53. The SMILES string of the molecule is NNC(Cc1ccncc1)c1cc(Cl)cc(Br)c1. The lowest BCUT2D eigenvalue weighted by Crippen LogP contribution is -2.29. The van der Waals surface area contributed by atoms with Gasteiger partial charge < -0.3 is 0 Å². The molecule has 0 saturated carbocycles. The standard InChI is InChI=1S/C13H13BrClN3/c14-11-6-10(7-12(15)8-11)13(18-16)5-9-1-3-17-4-2-9/h1-4,6-8,13,18H,5,16H2. The predicted octanol–water partition coefficient (Wildman–Crippen LogP) is 3.24. The average molecular weight is 327 g/mol. The van der Waals surface area contributed by atoms with Crippen LogP contribution in [-0.2, 0) is 6.42 Å². The van der Waals surface area contributed by atoms with Crippen molar-refractivity contribution in [1.82, 2.24) is 10.4 Å². The van der Waals surface area contributed by atoms with E-state index in [0.717, 1.165) is 16.5 Å². The van der Waals surface area contributed by atoms with E-state index in [1.165, 1.54) is 5.56 Å². The molecule has 2 rings (SSSR count). The molecule has 5 heteroatoms. The van der Waals surface area contributed by atoms with Gasteiger partial charge in [0.15, 0.2) is 0 Å². The van der Waals surface area contributed by atoms with E-state index in [-0.39, 0.29) is 6.04 Å². The van der Waals surface area contributed by atoms with Gasteiger partial charge in [0.05, 0.1) is 6.04 Å². The van der Waals surface area contributed by atoms with Crippen LogP contribution in [0, 0.1) is 0 Å². The Labute approximate surface area is 119 Å². The molecule has 0 radical (unpaired) electrons. The summed E-state index contributed by atoms with van der Waals surface area (Å²) in [7, 11) is 0. The van der Waals surface area contributed by atoms with Crippen LogP contribution in [0.5, 0.6) is 0 Å². The third-order valence-electron chi connectivity index (χ3n) is 2.68. The van der Waals surface area contributed by atoms with Gasteiger partial charge in [0.25, 0.3) is 0 Å². The van der Waals surface area contributed by atoms with Crippen molar-refractivity contribution in [2.45, 2.75) is 12.5 Å². The summed E-state index contributed by atoms with van der Waals surface area (Å²) >= 11 is 9.48. The molecule has 2 aromatic rings. The lowest BCUT2D eigenvalue weighted by Gasteiger charge is -2.17. The van der Waals surface area contributed by atoms with E-state index in [2.05, 4.69) is 26.3 Å². The minimum atomic E-state index is 0.0161. The topological polar surface area (TPSA) is 50.9 Å². The van der Waals surface area contributed by atoms with Crippen molar-refractivity contribution in [3.05, 3.63) is 63.3 Å². The Bertz CT molecular complexity index is 499. The molecular formula is C13H13BrClN3. The van der Waals surface area contributed by atoms with Crippen molar-refractivity contribution in [1.29, 1.82) is 0 Å². The molecule has 0 spiro atoms. The fourth-order valence-electron chi connectivity index (χ4n) is 1.80. The maximum atomic E-state index is 6.05. The normalized spacial score (nSPS) is 12.4. The number of hydrogen-bond acceptors (Lipinski definition) is 3. The first-order valence-electron chi connectivity index (χ1n) is 5.50. The van der Waals surface area contributed by atoms with Gasteiger partial charge in [-0.1, -0.05) is 27.5 Å². The Balaban J connectivity index is 2.23. The van der Waals surface area contributed by atoms with Crippen LogP contribution in [0.1, 0.15) is 17.2 Å². The number of nitrogens with one attached hydrogen (secondary N) is 1. The number of aromatic nitrogens is 1. The molecule has 3 N–H and O–H groups in total. The number of hydrogen-bond donors (Lipinski definition) is 2. The number of rotatable bonds is 4.